The van der Waals surface area contributed by atoms with Gasteiger partial charge in [0.1, 0.15) is 0 Å². The van der Waals surface area contributed by atoms with Crippen LogP contribution in [-0.4, -0.2) is 23.2 Å². The van der Waals surface area contributed by atoms with Gasteiger partial charge in [0.25, 0.3) is 0 Å². The molecule has 0 radical (unpaired) electrons. The van der Waals surface area contributed by atoms with Gasteiger partial charge in [-0.05, 0) is 25.7 Å². The molecule has 1 aliphatic carbocycles. The number of hydrogen-bond acceptors (Lipinski definition) is 2. The van der Waals surface area contributed by atoms with Gasteiger partial charge in [0.15, 0.2) is 0 Å². The first-order valence-corrected chi connectivity index (χ1v) is 6.55. The molecule has 3 nitrogen and oxygen atoms in total. The SMILES string of the molecule is CCC1CCCCC1NC(C)C(C)C(=O)O. The Morgan fingerprint density at radius 1 is 1.38 bits per heavy atom. The lowest BCUT2D eigenvalue weighted by atomic mass is 9.82. The van der Waals surface area contributed by atoms with Crippen molar-refractivity contribution in [2.75, 3.05) is 0 Å². The number of hydrogen-bond donors (Lipinski definition) is 2. The quantitative estimate of drug-likeness (QED) is 0.759. The summed E-state index contributed by atoms with van der Waals surface area (Å²) in [5.41, 5.74) is 0. The Hall–Kier alpha value is -0.570. The van der Waals surface area contributed by atoms with E-state index in [2.05, 4.69) is 12.2 Å². The van der Waals surface area contributed by atoms with Crippen LogP contribution in [0.4, 0.5) is 0 Å². The normalized spacial score (nSPS) is 29.7. The fraction of sp³-hybridized carbons (Fsp3) is 0.923. The summed E-state index contributed by atoms with van der Waals surface area (Å²) < 4.78 is 0. The van der Waals surface area contributed by atoms with Crippen LogP contribution in [0, 0.1) is 11.8 Å². The fourth-order valence-corrected chi connectivity index (χ4v) is 2.61. The molecule has 1 rings (SSSR count). The maximum atomic E-state index is 10.9. The van der Waals surface area contributed by atoms with Crippen LogP contribution < -0.4 is 5.32 Å². The van der Waals surface area contributed by atoms with Crippen molar-refractivity contribution in [2.45, 2.75) is 65.0 Å². The van der Waals surface area contributed by atoms with Gasteiger partial charge in [-0.15, -0.1) is 0 Å². The predicted molar refractivity (Wildman–Crippen MR) is 65.4 cm³/mol. The standard InChI is InChI=1S/C13H25NO2/c1-4-11-7-5-6-8-12(11)14-10(3)9(2)13(15)16/h9-12,14H,4-8H2,1-3H3,(H,15,16). The van der Waals surface area contributed by atoms with Crippen molar-refractivity contribution in [3.8, 4) is 0 Å². The number of rotatable bonds is 5. The molecule has 0 amide bonds. The predicted octanol–water partition coefficient (Wildman–Crippen LogP) is 2.65. The number of carbonyl (C=O) groups is 1. The largest absolute Gasteiger partial charge is 0.481 e. The van der Waals surface area contributed by atoms with Crippen molar-refractivity contribution >= 4 is 5.97 Å². The van der Waals surface area contributed by atoms with Gasteiger partial charge in [0.2, 0.25) is 0 Å². The van der Waals surface area contributed by atoms with E-state index in [0.29, 0.717) is 6.04 Å². The minimum Gasteiger partial charge on any atom is -0.481 e. The van der Waals surface area contributed by atoms with Gasteiger partial charge in [0, 0.05) is 12.1 Å². The first-order chi connectivity index (χ1) is 7.56. The van der Waals surface area contributed by atoms with E-state index in [-0.39, 0.29) is 12.0 Å². The van der Waals surface area contributed by atoms with E-state index >= 15 is 0 Å². The van der Waals surface area contributed by atoms with Crippen molar-refractivity contribution in [1.29, 1.82) is 0 Å². The van der Waals surface area contributed by atoms with Gasteiger partial charge < -0.3 is 10.4 Å². The molecule has 0 heterocycles. The molecule has 3 heteroatoms. The number of carboxylic acids is 1. The third-order valence-corrected chi connectivity index (χ3v) is 4.05. The Kier molecular flexibility index (Phi) is 5.26. The third-order valence-electron chi connectivity index (χ3n) is 4.05. The zero-order valence-corrected chi connectivity index (χ0v) is 10.7. The van der Waals surface area contributed by atoms with E-state index in [0.717, 1.165) is 5.92 Å². The molecule has 0 saturated heterocycles. The summed E-state index contributed by atoms with van der Waals surface area (Å²) in [6, 6.07) is 0.588. The second-order valence-electron chi connectivity index (χ2n) is 5.14. The molecule has 4 atom stereocenters. The summed E-state index contributed by atoms with van der Waals surface area (Å²) in [4.78, 5) is 10.9. The van der Waals surface area contributed by atoms with Crippen LogP contribution in [0.15, 0.2) is 0 Å². The highest BCUT2D eigenvalue weighted by atomic mass is 16.4. The summed E-state index contributed by atoms with van der Waals surface area (Å²) in [6.45, 7) is 6.00. The average Bonchev–Trinajstić information content (AvgIpc) is 2.28. The van der Waals surface area contributed by atoms with E-state index in [1.165, 1.54) is 32.1 Å². The topological polar surface area (TPSA) is 49.3 Å². The summed E-state index contributed by atoms with van der Waals surface area (Å²) in [7, 11) is 0. The Morgan fingerprint density at radius 3 is 2.56 bits per heavy atom. The lowest BCUT2D eigenvalue weighted by Crippen LogP contribution is -2.47. The van der Waals surface area contributed by atoms with Crippen LogP contribution in [-0.2, 0) is 4.79 Å². The molecule has 16 heavy (non-hydrogen) atoms. The molecule has 1 saturated carbocycles. The van der Waals surface area contributed by atoms with Gasteiger partial charge in [0.05, 0.1) is 5.92 Å². The van der Waals surface area contributed by atoms with Crippen molar-refractivity contribution < 1.29 is 9.90 Å². The number of carboxylic acid groups (broad SMARTS) is 1. The van der Waals surface area contributed by atoms with E-state index < -0.39 is 5.97 Å². The monoisotopic (exact) mass is 227 g/mol. The first kappa shape index (κ1) is 13.5. The third kappa shape index (κ3) is 3.48. The van der Waals surface area contributed by atoms with Gasteiger partial charge in [-0.1, -0.05) is 33.1 Å². The number of aliphatic carboxylic acids is 1. The lowest BCUT2D eigenvalue weighted by molar-refractivity contribution is -0.142. The Balaban J connectivity index is 2.47. The second kappa shape index (κ2) is 6.24. The van der Waals surface area contributed by atoms with E-state index in [4.69, 9.17) is 5.11 Å². The van der Waals surface area contributed by atoms with Crippen molar-refractivity contribution in [3.63, 3.8) is 0 Å². The van der Waals surface area contributed by atoms with E-state index in [1.54, 1.807) is 6.92 Å². The van der Waals surface area contributed by atoms with Crippen molar-refractivity contribution in [2.24, 2.45) is 11.8 Å². The highest BCUT2D eigenvalue weighted by Crippen LogP contribution is 2.27. The molecule has 0 aromatic heterocycles. The van der Waals surface area contributed by atoms with Crippen LogP contribution in [0.2, 0.25) is 0 Å². The average molecular weight is 227 g/mol. The van der Waals surface area contributed by atoms with Gasteiger partial charge >= 0.3 is 5.97 Å². The van der Waals surface area contributed by atoms with Crippen LogP contribution in [0.5, 0.6) is 0 Å². The highest BCUT2D eigenvalue weighted by molar-refractivity contribution is 5.70. The van der Waals surface area contributed by atoms with Crippen LogP contribution in [0.25, 0.3) is 0 Å². The molecule has 0 aromatic rings. The summed E-state index contributed by atoms with van der Waals surface area (Å²) in [6.07, 6.45) is 6.31. The maximum Gasteiger partial charge on any atom is 0.307 e. The van der Waals surface area contributed by atoms with Gasteiger partial charge in [-0.2, -0.15) is 0 Å². The van der Waals surface area contributed by atoms with Crippen molar-refractivity contribution in [1.82, 2.24) is 5.32 Å². The lowest BCUT2D eigenvalue weighted by Gasteiger charge is -2.34. The minimum absolute atomic E-state index is 0.0645. The summed E-state index contributed by atoms with van der Waals surface area (Å²) in [5.74, 6) is -0.277. The summed E-state index contributed by atoms with van der Waals surface area (Å²) >= 11 is 0. The molecule has 0 bridgehead atoms. The highest BCUT2D eigenvalue weighted by Gasteiger charge is 2.27. The van der Waals surface area contributed by atoms with Crippen molar-refractivity contribution in [3.05, 3.63) is 0 Å². The molecule has 1 aliphatic rings. The zero-order chi connectivity index (χ0) is 12.1. The second-order valence-corrected chi connectivity index (χ2v) is 5.14. The van der Waals surface area contributed by atoms with E-state index in [1.807, 2.05) is 6.92 Å². The Bertz CT molecular complexity index is 230. The Morgan fingerprint density at radius 2 is 2.00 bits per heavy atom. The smallest absolute Gasteiger partial charge is 0.307 e. The molecule has 2 N–H and O–H groups in total. The fourth-order valence-electron chi connectivity index (χ4n) is 2.61. The zero-order valence-electron chi connectivity index (χ0n) is 10.7. The number of nitrogens with one attached hydrogen (secondary N) is 1. The van der Waals surface area contributed by atoms with Crippen LogP contribution in [0.3, 0.4) is 0 Å². The van der Waals surface area contributed by atoms with Gasteiger partial charge in [-0.3, -0.25) is 4.79 Å². The van der Waals surface area contributed by atoms with E-state index in [9.17, 15) is 4.79 Å². The molecule has 0 aromatic carbocycles. The van der Waals surface area contributed by atoms with Gasteiger partial charge in [-0.25, -0.2) is 0 Å². The molecule has 0 spiro atoms. The maximum absolute atomic E-state index is 10.9. The molecular formula is C13H25NO2. The molecule has 4 unspecified atom stereocenters. The van der Waals surface area contributed by atoms with Crippen LogP contribution in [0.1, 0.15) is 52.9 Å². The van der Waals surface area contributed by atoms with Crippen LogP contribution >= 0.6 is 0 Å². The molecule has 94 valence electrons. The minimum atomic E-state index is -0.705. The first-order valence-electron chi connectivity index (χ1n) is 6.55. The Labute approximate surface area is 98.6 Å². The summed E-state index contributed by atoms with van der Waals surface area (Å²) in [5, 5.41) is 12.5. The molecular weight excluding hydrogens is 202 g/mol. The molecule has 0 aliphatic heterocycles. The molecule has 1 fully saturated rings.